The Morgan fingerprint density at radius 3 is 3.05 bits per heavy atom. The van der Waals surface area contributed by atoms with Gasteiger partial charge in [-0.2, -0.15) is 0 Å². The van der Waals surface area contributed by atoms with E-state index in [9.17, 15) is 0 Å². The van der Waals surface area contributed by atoms with Gasteiger partial charge in [0.2, 0.25) is 0 Å². The van der Waals surface area contributed by atoms with Crippen LogP contribution in [0, 0.1) is 0 Å². The van der Waals surface area contributed by atoms with Gasteiger partial charge >= 0.3 is 0 Å². The zero-order valence-electron chi connectivity index (χ0n) is 12.9. The first-order chi connectivity index (χ1) is 10.1. The second-order valence-electron chi connectivity index (χ2n) is 6.37. The van der Waals surface area contributed by atoms with Crippen LogP contribution in [0.25, 0.3) is 0 Å². The van der Waals surface area contributed by atoms with Gasteiger partial charge in [-0.15, -0.1) is 0 Å². The molecule has 0 aliphatic carbocycles. The molecule has 0 amide bonds. The van der Waals surface area contributed by atoms with Gasteiger partial charge in [0, 0.05) is 35.7 Å². The molecule has 1 aromatic rings. The summed E-state index contributed by atoms with van der Waals surface area (Å²) in [6.07, 6.45) is 4.26. The number of hydrogen-bond donors (Lipinski definition) is 1. The minimum atomic E-state index is 0.0334. The summed E-state index contributed by atoms with van der Waals surface area (Å²) in [4.78, 5) is 0. The Bertz CT molecular complexity index is 520. The van der Waals surface area contributed by atoms with Gasteiger partial charge in [-0.25, -0.2) is 0 Å². The van der Waals surface area contributed by atoms with Crippen molar-refractivity contribution in [2.24, 2.45) is 0 Å². The summed E-state index contributed by atoms with van der Waals surface area (Å²) in [6, 6.07) is 4.88. The zero-order chi connectivity index (χ0) is 14.9. The van der Waals surface area contributed by atoms with E-state index in [-0.39, 0.29) is 5.60 Å². The third-order valence-corrected chi connectivity index (χ3v) is 5.21. The molecular weight excluding hydrogens is 330 g/mol. The highest BCUT2D eigenvalue weighted by atomic mass is 79.9. The van der Waals surface area contributed by atoms with E-state index >= 15 is 0 Å². The van der Waals surface area contributed by atoms with Gasteiger partial charge in [-0.05, 0) is 43.9 Å². The molecule has 0 bridgehead atoms. The predicted molar refractivity (Wildman–Crippen MR) is 87.9 cm³/mol. The van der Waals surface area contributed by atoms with E-state index in [2.05, 4.69) is 47.2 Å². The average molecular weight is 354 g/mol. The summed E-state index contributed by atoms with van der Waals surface area (Å²) in [7, 11) is 0. The van der Waals surface area contributed by atoms with E-state index in [0.29, 0.717) is 6.04 Å². The largest absolute Gasteiger partial charge is 0.493 e. The maximum Gasteiger partial charge on any atom is 0.127 e. The summed E-state index contributed by atoms with van der Waals surface area (Å²) >= 11 is 3.61. The highest BCUT2D eigenvalue weighted by Crippen LogP contribution is 2.33. The van der Waals surface area contributed by atoms with Gasteiger partial charge in [0.15, 0.2) is 0 Å². The van der Waals surface area contributed by atoms with Crippen molar-refractivity contribution in [1.82, 2.24) is 5.32 Å². The number of benzene rings is 1. The fourth-order valence-corrected chi connectivity index (χ4v) is 3.83. The zero-order valence-corrected chi connectivity index (χ0v) is 14.5. The molecule has 0 spiro atoms. The van der Waals surface area contributed by atoms with Crippen molar-refractivity contribution in [3.8, 4) is 5.75 Å². The number of nitrogens with one attached hydrogen (secondary N) is 1. The molecule has 4 heteroatoms. The minimum Gasteiger partial charge on any atom is -0.493 e. The van der Waals surface area contributed by atoms with Crippen LogP contribution in [-0.2, 0) is 17.7 Å². The molecule has 2 unspecified atom stereocenters. The number of halogens is 1. The topological polar surface area (TPSA) is 30.5 Å². The molecule has 3 nitrogen and oxygen atoms in total. The molecule has 1 fully saturated rings. The molecule has 0 saturated carbocycles. The molecule has 2 heterocycles. The minimum absolute atomic E-state index is 0.0334. The first-order valence-electron chi connectivity index (χ1n) is 7.91. The van der Waals surface area contributed by atoms with Crippen LogP contribution in [0.4, 0.5) is 0 Å². The van der Waals surface area contributed by atoms with Crippen LogP contribution < -0.4 is 10.1 Å². The normalized spacial score (nSPS) is 28.2. The number of fused-ring (bicyclic) bond motifs is 1. The lowest BCUT2D eigenvalue weighted by molar-refractivity contribution is -0.0781. The van der Waals surface area contributed by atoms with Crippen molar-refractivity contribution >= 4 is 15.9 Å². The third kappa shape index (κ3) is 3.43. The lowest BCUT2D eigenvalue weighted by Crippen LogP contribution is -2.44. The second-order valence-corrected chi connectivity index (χ2v) is 7.29. The number of ether oxygens (including phenoxy) is 2. The van der Waals surface area contributed by atoms with Crippen LogP contribution in [0.2, 0.25) is 0 Å². The van der Waals surface area contributed by atoms with Crippen LogP contribution in [-0.4, -0.2) is 24.9 Å². The molecule has 0 aromatic heterocycles. The van der Waals surface area contributed by atoms with Crippen LogP contribution in [0.3, 0.4) is 0 Å². The second kappa shape index (κ2) is 6.27. The Hall–Kier alpha value is -0.580. The van der Waals surface area contributed by atoms with Gasteiger partial charge in [0.05, 0.1) is 12.2 Å². The van der Waals surface area contributed by atoms with Crippen molar-refractivity contribution < 1.29 is 9.47 Å². The van der Waals surface area contributed by atoms with Gasteiger partial charge in [0.1, 0.15) is 5.75 Å². The van der Waals surface area contributed by atoms with E-state index < -0.39 is 0 Å². The molecule has 2 atom stereocenters. The number of rotatable bonds is 4. The standard InChI is InChI=1S/C17H24BrNO2/c1-3-17(2)10-15(5-7-21-17)19-11-13-9-14(18)8-12-4-6-20-16(12)13/h8-9,15,19H,3-7,10-11H2,1-2H3. The SMILES string of the molecule is CCC1(C)CC(NCc2cc(Br)cc3c2OCC3)CCO1. The summed E-state index contributed by atoms with van der Waals surface area (Å²) in [5.41, 5.74) is 2.62. The summed E-state index contributed by atoms with van der Waals surface area (Å²) in [5.74, 6) is 1.09. The fraction of sp³-hybridized carbons (Fsp3) is 0.647. The lowest BCUT2D eigenvalue weighted by atomic mass is 9.90. The quantitative estimate of drug-likeness (QED) is 0.892. The Morgan fingerprint density at radius 2 is 2.24 bits per heavy atom. The van der Waals surface area contributed by atoms with Crippen molar-refractivity contribution in [3.05, 3.63) is 27.7 Å². The highest BCUT2D eigenvalue weighted by Gasteiger charge is 2.31. The van der Waals surface area contributed by atoms with Crippen LogP contribution in [0.15, 0.2) is 16.6 Å². The predicted octanol–water partition coefficient (Wildman–Crippen LogP) is 3.82. The first-order valence-corrected chi connectivity index (χ1v) is 8.70. The molecular formula is C17H24BrNO2. The van der Waals surface area contributed by atoms with E-state index in [0.717, 1.165) is 55.7 Å². The molecule has 2 aliphatic heterocycles. The van der Waals surface area contributed by atoms with Gasteiger partial charge in [0.25, 0.3) is 0 Å². The van der Waals surface area contributed by atoms with E-state index in [4.69, 9.17) is 9.47 Å². The van der Waals surface area contributed by atoms with Crippen molar-refractivity contribution in [3.63, 3.8) is 0 Å². The van der Waals surface area contributed by atoms with Crippen molar-refractivity contribution in [1.29, 1.82) is 0 Å². The van der Waals surface area contributed by atoms with Crippen LogP contribution >= 0.6 is 15.9 Å². The third-order valence-electron chi connectivity index (χ3n) is 4.75. The van der Waals surface area contributed by atoms with Gasteiger partial charge in [-0.3, -0.25) is 0 Å². The summed E-state index contributed by atoms with van der Waals surface area (Å²) in [6.45, 7) is 6.96. The summed E-state index contributed by atoms with van der Waals surface area (Å²) in [5, 5.41) is 3.70. The first kappa shape index (κ1) is 15.3. The van der Waals surface area contributed by atoms with E-state index in [1.807, 2.05) is 0 Å². The fourth-order valence-electron chi connectivity index (χ4n) is 3.28. The molecule has 0 radical (unpaired) electrons. The smallest absolute Gasteiger partial charge is 0.127 e. The van der Waals surface area contributed by atoms with Gasteiger partial charge in [-0.1, -0.05) is 22.9 Å². The molecule has 1 N–H and O–H groups in total. The Morgan fingerprint density at radius 1 is 1.38 bits per heavy atom. The maximum absolute atomic E-state index is 5.92. The molecule has 2 aliphatic rings. The Balaban J connectivity index is 1.66. The Kier molecular flexibility index (Phi) is 4.57. The van der Waals surface area contributed by atoms with E-state index in [1.54, 1.807) is 0 Å². The highest BCUT2D eigenvalue weighted by molar-refractivity contribution is 9.10. The molecule has 1 aromatic carbocycles. The van der Waals surface area contributed by atoms with Crippen molar-refractivity contribution in [2.75, 3.05) is 13.2 Å². The summed E-state index contributed by atoms with van der Waals surface area (Å²) < 4.78 is 12.9. The van der Waals surface area contributed by atoms with E-state index in [1.165, 1.54) is 11.1 Å². The monoisotopic (exact) mass is 353 g/mol. The molecule has 1 saturated heterocycles. The van der Waals surface area contributed by atoms with Gasteiger partial charge < -0.3 is 14.8 Å². The molecule has 21 heavy (non-hydrogen) atoms. The van der Waals surface area contributed by atoms with Crippen LogP contribution in [0.5, 0.6) is 5.75 Å². The molecule has 3 rings (SSSR count). The Labute approximate surface area is 135 Å². The maximum atomic E-state index is 5.92. The average Bonchev–Trinajstić information content (AvgIpc) is 2.93. The lowest BCUT2D eigenvalue weighted by Gasteiger charge is -2.38. The molecule has 116 valence electrons. The number of hydrogen-bond acceptors (Lipinski definition) is 3. The van der Waals surface area contributed by atoms with Crippen molar-refractivity contribution in [2.45, 2.75) is 57.7 Å². The van der Waals surface area contributed by atoms with Crippen LogP contribution in [0.1, 0.15) is 44.2 Å².